The highest BCUT2D eigenvalue weighted by molar-refractivity contribution is 6.00. The molecule has 5 heteroatoms. The van der Waals surface area contributed by atoms with E-state index in [1.165, 1.54) is 0 Å². The van der Waals surface area contributed by atoms with Crippen LogP contribution in [0, 0.1) is 31.6 Å². The number of hydrogen-bond acceptors (Lipinski definition) is 3. The maximum absolute atomic E-state index is 12.7. The Morgan fingerprint density at radius 3 is 2.84 bits per heavy atom. The summed E-state index contributed by atoms with van der Waals surface area (Å²) in [5.41, 5.74) is 3.38. The number of rotatable bonds is 3. The van der Waals surface area contributed by atoms with E-state index in [1.54, 1.807) is 7.11 Å². The fourth-order valence-corrected chi connectivity index (χ4v) is 3.47. The molecule has 0 bridgehead atoms. The molecule has 1 N–H and O–H groups in total. The maximum Gasteiger partial charge on any atom is 0.255 e. The lowest BCUT2D eigenvalue weighted by Crippen LogP contribution is -2.37. The zero-order valence-electron chi connectivity index (χ0n) is 15.1. The fraction of sp³-hybridized carbons (Fsp3) is 0.500. The van der Waals surface area contributed by atoms with Crippen molar-refractivity contribution in [2.24, 2.45) is 5.92 Å². The Hall–Kier alpha value is -2.32. The molecule has 1 aliphatic carbocycles. The minimum Gasteiger partial charge on any atom is -0.372 e. The molecule has 2 aromatic rings. The van der Waals surface area contributed by atoms with Gasteiger partial charge in [-0.05, 0) is 51.7 Å². The Labute approximate surface area is 148 Å². The Balaban J connectivity index is 1.63. The summed E-state index contributed by atoms with van der Waals surface area (Å²) in [6, 6.07) is 4.08. The van der Waals surface area contributed by atoms with E-state index < -0.39 is 0 Å². The monoisotopic (exact) mass is 339 g/mol. The third-order valence-corrected chi connectivity index (χ3v) is 4.77. The number of hydrogen-bond donors (Lipinski definition) is 1. The number of nitrogens with zero attached hydrogens (tertiary/aromatic N) is 2. The highest BCUT2D eigenvalue weighted by Crippen LogP contribution is 2.24. The van der Waals surface area contributed by atoms with Crippen LogP contribution in [0.1, 0.15) is 47.4 Å². The van der Waals surface area contributed by atoms with Crippen molar-refractivity contribution < 1.29 is 9.53 Å². The van der Waals surface area contributed by atoms with E-state index in [4.69, 9.17) is 4.74 Å². The van der Waals surface area contributed by atoms with Crippen LogP contribution in [0.15, 0.2) is 18.3 Å². The average molecular weight is 339 g/mol. The SMILES string of the molecule is COCC#CC1CCC(NC(=O)c2ccn3c(C)cc(C)nc23)CC1. The maximum atomic E-state index is 12.7. The van der Waals surface area contributed by atoms with Gasteiger partial charge in [0.2, 0.25) is 0 Å². The van der Waals surface area contributed by atoms with Crippen molar-refractivity contribution in [1.82, 2.24) is 14.7 Å². The Kier molecular flexibility index (Phi) is 5.40. The number of aryl methyl sites for hydroxylation is 2. The predicted octanol–water partition coefficient (Wildman–Crippen LogP) is 2.89. The molecule has 0 saturated heterocycles. The van der Waals surface area contributed by atoms with E-state index in [2.05, 4.69) is 22.1 Å². The minimum atomic E-state index is -0.0334. The highest BCUT2D eigenvalue weighted by atomic mass is 16.5. The number of nitrogens with one attached hydrogen (secondary N) is 1. The number of amides is 1. The first-order chi connectivity index (χ1) is 12.1. The number of carbonyl (C=O) groups excluding carboxylic acids is 1. The molecular formula is C20H25N3O2. The first-order valence-corrected chi connectivity index (χ1v) is 8.82. The van der Waals surface area contributed by atoms with E-state index in [-0.39, 0.29) is 11.9 Å². The molecule has 0 atom stereocenters. The van der Waals surface area contributed by atoms with Gasteiger partial charge in [0.05, 0.1) is 5.56 Å². The number of methoxy groups -OCH3 is 1. The van der Waals surface area contributed by atoms with Crippen LogP contribution in [0.4, 0.5) is 0 Å². The molecule has 0 aromatic carbocycles. The molecule has 2 heterocycles. The van der Waals surface area contributed by atoms with Gasteiger partial charge in [0.1, 0.15) is 12.3 Å². The predicted molar refractivity (Wildman–Crippen MR) is 97.5 cm³/mol. The van der Waals surface area contributed by atoms with Crippen molar-refractivity contribution in [3.63, 3.8) is 0 Å². The normalized spacial score (nSPS) is 20.1. The van der Waals surface area contributed by atoms with Gasteiger partial charge in [0.15, 0.2) is 0 Å². The van der Waals surface area contributed by atoms with Gasteiger partial charge in [-0.15, -0.1) is 0 Å². The largest absolute Gasteiger partial charge is 0.372 e. The van der Waals surface area contributed by atoms with E-state index in [1.807, 2.05) is 36.6 Å². The molecule has 0 spiro atoms. The topological polar surface area (TPSA) is 55.6 Å². The standard InChI is InChI=1S/C20H25N3O2/c1-14-13-15(2)23-11-10-18(19(23)21-14)20(24)22-17-8-6-16(7-9-17)5-4-12-25-3/h10-11,13,16-17H,6-9,12H2,1-3H3,(H,22,24). The third-order valence-electron chi connectivity index (χ3n) is 4.77. The van der Waals surface area contributed by atoms with Crippen LogP contribution in [0.3, 0.4) is 0 Å². The molecule has 3 rings (SSSR count). The molecule has 1 fully saturated rings. The van der Waals surface area contributed by atoms with Crippen LogP contribution in [0.5, 0.6) is 0 Å². The van der Waals surface area contributed by atoms with Crippen LogP contribution in [0.2, 0.25) is 0 Å². The molecule has 132 valence electrons. The number of aromatic nitrogens is 2. The van der Waals surface area contributed by atoms with Crippen LogP contribution >= 0.6 is 0 Å². The number of carbonyl (C=O) groups is 1. The molecule has 1 saturated carbocycles. The van der Waals surface area contributed by atoms with Crippen molar-refractivity contribution in [1.29, 1.82) is 0 Å². The summed E-state index contributed by atoms with van der Waals surface area (Å²) < 4.78 is 6.92. The fourth-order valence-electron chi connectivity index (χ4n) is 3.47. The second-order valence-corrected chi connectivity index (χ2v) is 6.74. The summed E-state index contributed by atoms with van der Waals surface area (Å²) in [4.78, 5) is 17.2. The van der Waals surface area contributed by atoms with Crippen LogP contribution in [-0.4, -0.2) is 35.1 Å². The molecule has 0 unspecified atom stereocenters. The van der Waals surface area contributed by atoms with Gasteiger partial charge in [-0.2, -0.15) is 0 Å². The number of fused-ring (bicyclic) bond motifs is 1. The van der Waals surface area contributed by atoms with E-state index >= 15 is 0 Å². The summed E-state index contributed by atoms with van der Waals surface area (Å²) >= 11 is 0. The first-order valence-electron chi connectivity index (χ1n) is 8.82. The Morgan fingerprint density at radius 1 is 1.36 bits per heavy atom. The van der Waals surface area contributed by atoms with Gasteiger partial charge < -0.3 is 14.5 Å². The van der Waals surface area contributed by atoms with Crippen LogP contribution in [0.25, 0.3) is 5.65 Å². The highest BCUT2D eigenvalue weighted by Gasteiger charge is 2.23. The summed E-state index contributed by atoms with van der Waals surface area (Å²) in [5, 5.41) is 3.18. The summed E-state index contributed by atoms with van der Waals surface area (Å²) in [5.74, 6) is 6.69. The average Bonchev–Trinajstić information content (AvgIpc) is 3.01. The summed E-state index contributed by atoms with van der Waals surface area (Å²) in [6.45, 7) is 4.47. The lowest BCUT2D eigenvalue weighted by molar-refractivity contribution is 0.0926. The van der Waals surface area contributed by atoms with Crippen LogP contribution < -0.4 is 5.32 Å². The minimum absolute atomic E-state index is 0.0334. The van der Waals surface area contributed by atoms with Crippen molar-refractivity contribution in [3.05, 3.63) is 35.3 Å². The zero-order valence-corrected chi connectivity index (χ0v) is 15.1. The molecule has 2 aromatic heterocycles. The van der Waals surface area contributed by atoms with Gasteiger partial charge in [0, 0.05) is 36.7 Å². The molecular weight excluding hydrogens is 314 g/mol. The smallest absolute Gasteiger partial charge is 0.255 e. The lowest BCUT2D eigenvalue weighted by Gasteiger charge is -2.26. The number of ether oxygens (including phenoxy) is 1. The molecule has 0 radical (unpaired) electrons. The molecule has 5 nitrogen and oxygen atoms in total. The van der Waals surface area contributed by atoms with Gasteiger partial charge in [-0.1, -0.05) is 11.8 Å². The van der Waals surface area contributed by atoms with Crippen LogP contribution in [-0.2, 0) is 4.74 Å². The van der Waals surface area contributed by atoms with Gasteiger partial charge in [-0.25, -0.2) is 4.98 Å². The molecule has 25 heavy (non-hydrogen) atoms. The van der Waals surface area contributed by atoms with Crippen molar-refractivity contribution in [2.75, 3.05) is 13.7 Å². The summed E-state index contributed by atoms with van der Waals surface area (Å²) in [7, 11) is 1.66. The van der Waals surface area contributed by atoms with E-state index in [9.17, 15) is 4.79 Å². The second kappa shape index (κ2) is 7.71. The van der Waals surface area contributed by atoms with Crippen molar-refractivity contribution in [2.45, 2.75) is 45.6 Å². The molecule has 1 aliphatic rings. The lowest BCUT2D eigenvalue weighted by atomic mass is 9.86. The second-order valence-electron chi connectivity index (χ2n) is 6.74. The first kappa shape index (κ1) is 17.5. The van der Waals surface area contributed by atoms with E-state index in [0.717, 1.165) is 42.7 Å². The Bertz CT molecular complexity index is 821. The van der Waals surface area contributed by atoms with Gasteiger partial charge >= 0.3 is 0 Å². The summed E-state index contributed by atoms with van der Waals surface area (Å²) in [6.07, 6.45) is 5.89. The Morgan fingerprint density at radius 2 is 2.12 bits per heavy atom. The van der Waals surface area contributed by atoms with Crippen molar-refractivity contribution >= 4 is 11.6 Å². The van der Waals surface area contributed by atoms with Gasteiger partial charge in [-0.3, -0.25) is 4.79 Å². The van der Waals surface area contributed by atoms with E-state index in [0.29, 0.717) is 18.1 Å². The quantitative estimate of drug-likeness (QED) is 0.875. The zero-order chi connectivity index (χ0) is 17.8. The van der Waals surface area contributed by atoms with Crippen molar-refractivity contribution in [3.8, 4) is 11.8 Å². The van der Waals surface area contributed by atoms with Gasteiger partial charge in [0.25, 0.3) is 5.91 Å². The third kappa shape index (κ3) is 4.02. The molecule has 1 amide bonds. The molecule has 0 aliphatic heterocycles.